The fraction of sp³-hybridized carbons (Fsp3) is 0.833. The van der Waals surface area contributed by atoms with E-state index in [0.29, 0.717) is 26.1 Å². The molecule has 3 N–H and O–H groups in total. The van der Waals surface area contributed by atoms with Crippen molar-refractivity contribution < 1.29 is 20.1 Å². The van der Waals surface area contributed by atoms with Gasteiger partial charge in [-0.05, 0) is 33.1 Å². The fourth-order valence-corrected chi connectivity index (χ4v) is 1.92. The highest BCUT2D eigenvalue weighted by Gasteiger charge is 2.30. The number of amides is 1. The largest absolute Gasteiger partial charge is 0.444 e. The summed E-state index contributed by atoms with van der Waals surface area (Å²) in [5.41, 5.74) is 3.12. The molecule has 0 unspecified atom stereocenters. The van der Waals surface area contributed by atoms with Crippen LogP contribution in [0, 0.1) is 5.92 Å². The highest BCUT2D eigenvalue weighted by Crippen LogP contribution is 2.21. The van der Waals surface area contributed by atoms with Crippen LogP contribution in [0.2, 0.25) is 0 Å². The Kier molecular flexibility index (Phi) is 4.51. The van der Waals surface area contributed by atoms with Gasteiger partial charge in [0.2, 0.25) is 0 Å². The van der Waals surface area contributed by atoms with Crippen LogP contribution in [0.5, 0.6) is 0 Å². The highest BCUT2D eigenvalue weighted by molar-refractivity contribution is 5.79. The van der Waals surface area contributed by atoms with Gasteiger partial charge in [0, 0.05) is 19.5 Å². The predicted octanol–water partition coefficient (Wildman–Crippen LogP) is 0.445. The molecule has 1 aliphatic heterocycles. The van der Waals surface area contributed by atoms with Gasteiger partial charge in [0.25, 0.3) is 0 Å². The van der Waals surface area contributed by atoms with Crippen molar-refractivity contribution >= 4 is 11.9 Å². The molecule has 17 heavy (non-hydrogen) atoms. The molecule has 0 radical (unpaired) electrons. The zero-order valence-electron chi connectivity index (χ0n) is 11.0. The maximum absolute atomic E-state index is 11.8. The Morgan fingerprint density at radius 2 is 2.06 bits per heavy atom. The average molecular weight is 243 g/mol. The molecule has 1 aliphatic rings. The summed E-state index contributed by atoms with van der Waals surface area (Å²) in [5, 5.41) is 0. The lowest BCUT2D eigenvalue weighted by molar-refractivity contribution is -0.354. The van der Waals surface area contributed by atoms with Crippen molar-refractivity contribution in [3.63, 3.8) is 0 Å². The lowest BCUT2D eigenvalue weighted by atomic mass is 10.0. The lowest BCUT2D eigenvalue weighted by Crippen LogP contribution is -2.54. The van der Waals surface area contributed by atoms with E-state index in [1.54, 1.807) is 4.90 Å². The molecule has 0 aromatic rings. The molecule has 1 heterocycles. The summed E-state index contributed by atoms with van der Waals surface area (Å²) in [6.07, 6.45) is 1.13. The molecule has 5 nitrogen and oxygen atoms in total. The molecule has 1 rings (SSSR count). The molecule has 0 aromatic carbocycles. The number of likely N-dealkylation sites (tertiary alicyclic amines) is 1. The Hall–Kier alpha value is -1.10. The highest BCUT2D eigenvalue weighted by atomic mass is 16.6. The Bertz CT molecular complexity index is 297. The molecular weight excluding hydrogens is 220 g/mol. The van der Waals surface area contributed by atoms with Gasteiger partial charge in [-0.1, -0.05) is 0 Å². The van der Waals surface area contributed by atoms with Crippen LogP contribution in [-0.4, -0.2) is 42.0 Å². The van der Waals surface area contributed by atoms with Crippen LogP contribution in [-0.2, 0) is 9.53 Å². The number of rotatable bonds is 3. The Labute approximate surface area is 102 Å². The van der Waals surface area contributed by atoms with Crippen LogP contribution in [0.15, 0.2) is 0 Å². The molecule has 98 valence electrons. The van der Waals surface area contributed by atoms with E-state index < -0.39 is 5.60 Å². The lowest BCUT2D eigenvalue weighted by Gasteiger charge is -2.24. The molecule has 0 aliphatic carbocycles. The minimum absolute atomic E-state index is 0.168. The van der Waals surface area contributed by atoms with Gasteiger partial charge in [-0.15, -0.1) is 0 Å². The summed E-state index contributed by atoms with van der Waals surface area (Å²) >= 11 is 0. The number of ketones is 1. The van der Waals surface area contributed by atoms with Crippen molar-refractivity contribution in [3.8, 4) is 0 Å². The summed E-state index contributed by atoms with van der Waals surface area (Å²) in [6.45, 7) is 7.20. The molecule has 1 atom stereocenters. The first kappa shape index (κ1) is 14.0. The summed E-state index contributed by atoms with van der Waals surface area (Å²) < 4.78 is 5.29. The summed E-state index contributed by atoms with van der Waals surface area (Å²) in [6, 6.07) is 0. The normalized spacial score (nSPS) is 20.5. The summed E-state index contributed by atoms with van der Waals surface area (Å²) in [4.78, 5) is 24.7. The van der Waals surface area contributed by atoms with E-state index >= 15 is 0 Å². The van der Waals surface area contributed by atoms with Crippen molar-refractivity contribution in [1.29, 1.82) is 0 Å². The standard InChI is InChI=1S/C12H22N2O3/c1-12(2,3)17-11(16)14-5-4-9(8-14)6-10(15)7-13/h9H,4-8,13H2,1-3H3/p+1/t9-/m0/s1. The van der Waals surface area contributed by atoms with E-state index in [2.05, 4.69) is 5.73 Å². The predicted molar refractivity (Wildman–Crippen MR) is 63.3 cm³/mol. The van der Waals surface area contributed by atoms with Gasteiger partial charge in [0.05, 0.1) is 0 Å². The Morgan fingerprint density at radius 3 is 2.59 bits per heavy atom. The van der Waals surface area contributed by atoms with Crippen molar-refractivity contribution in [3.05, 3.63) is 0 Å². The fourth-order valence-electron chi connectivity index (χ4n) is 1.92. The quantitative estimate of drug-likeness (QED) is 0.781. The second-order valence-electron chi connectivity index (χ2n) is 5.57. The van der Waals surface area contributed by atoms with Crippen LogP contribution in [0.4, 0.5) is 4.79 Å². The van der Waals surface area contributed by atoms with Crippen molar-refractivity contribution in [2.24, 2.45) is 5.92 Å². The van der Waals surface area contributed by atoms with Gasteiger partial charge < -0.3 is 15.4 Å². The minimum atomic E-state index is -0.460. The third kappa shape index (κ3) is 4.73. The molecule has 0 saturated carbocycles. The minimum Gasteiger partial charge on any atom is -0.444 e. The first-order chi connectivity index (χ1) is 7.81. The molecule has 0 spiro atoms. The topological polar surface area (TPSA) is 74.2 Å². The molecule has 1 fully saturated rings. The van der Waals surface area contributed by atoms with Crippen LogP contribution in [0.3, 0.4) is 0 Å². The van der Waals surface area contributed by atoms with E-state index in [9.17, 15) is 9.59 Å². The van der Waals surface area contributed by atoms with E-state index in [1.807, 2.05) is 20.8 Å². The van der Waals surface area contributed by atoms with Gasteiger partial charge >= 0.3 is 6.09 Å². The number of carbonyl (C=O) groups is 2. The Balaban J connectivity index is 2.39. The smallest absolute Gasteiger partial charge is 0.410 e. The van der Waals surface area contributed by atoms with E-state index in [0.717, 1.165) is 6.42 Å². The molecule has 0 bridgehead atoms. The third-order valence-corrected chi connectivity index (χ3v) is 2.73. The number of hydrogen-bond acceptors (Lipinski definition) is 3. The van der Waals surface area contributed by atoms with E-state index in [-0.39, 0.29) is 17.8 Å². The average Bonchev–Trinajstić information content (AvgIpc) is 2.63. The molecule has 5 heteroatoms. The van der Waals surface area contributed by atoms with E-state index in [1.165, 1.54) is 0 Å². The monoisotopic (exact) mass is 243 g/mol. The van der Waals surface area contributed by atoms with Crippen molar-refractivity contribution in [2.75, 3.05) is 19.6 Å². The number of hydrogen-bond donors (Lipinski definition) is 1. The van der Waals surface area contributed by atoms with Gasteiger partial charge in [-0.25, -0.2) is 4.79 Å². The van der Waals surface area contributed by atoms with Crippen LogP contribution < -0.4 is 5.73 Å². The zero-order valence-corrected chi connectivity index (χ0v) is 11.0. The van der Waals surface area contributed by atoms with Crippen molar-refractivity contribution in [2.45, 2.75) is 39.2 Å². The van der Waals surface area contributed by atoms with Gasteiger partial charge in [0.1, 0.15) is 12.1 Å². The molecule has 0 aromatic heterocycles. The van der Waals surface area contributed by atoms with Gasteiger partial charge in [-0.2, -0.15) is 0 Å². The van der Waals surface area contributed by atoms with Crippen LogP contribution >= 0.6 is 0 Å². The third-order valence-electron chi connectivity index (χ3n) is 2.73. The second-order valence-corrected chi connectivity index (χ2v) is 5.57. The molecule has 1 amide bonds. The number of Topliss-reactive ketones (excluding diaryl/α,β-unsaturated/α-hetero) is 1. The van der Waals surface area contributed by atoms with Crippen LogP contribution in [0.25, 0.3) is 0 Å². The molecular formula is C12H23N2O3+. The van der Waals surface area contributed by atoms with Crippen molar-refractivity contribution in [1.82, 2.24) is 4.90 Å². The number of ether oxygens (including phenoxy) is 1. The van der Waals surface area contributed by atoms with Gasteiger partial charge in [0.15, 0.2) is 5.78 Å². The summed E-state index contributed by atoms with van der Waals surface area (Å²) in [5.74, 6) is 0.442. The zero-order chi connectivity index (χ0) is 13.1. The van der Waals surface area contributed by atoms with E-state index in [4.69, 9.17) is 4.74 Å². The maximum Gasteiger partial charge on any atom is 0.410 e. The van der Waals surface area contributed by atoms with Crippen LogP contribution in [0.1, 0.15) is 33.6 Å². The molecule has 1 saturated heterocycles. The SMILES string of the molecule is CC(C)(C)OC(=O)N1CC[C@@H](CC(=O)C[NH3+])C1. The Morgan fingerprint density at radius 1 is 1.41 bits per heavy atom. The van der Waals surface area contributed by atoms with Gasteiger partial charge in [-0.3, -0.25) is 4.79 Å². The second kappa shape index (κ2) is 5.49. The maximum atomic E-state index is 11.8. The number of quaternary nitrogens is 1. The first-order valence-electron chi connectivity index (χ1n) is 6.10. The number of nitrogens with zero attached hydrogens (tertiary/aromatic N) is 1. The number of carbonyl (C=O) groups excluding carboxylic acids is 2. The first-order valence-corrected chi connectivity index (χ1v) is 6.10. The summed E-state index contributed by atoms with van der Waals surface area (Å²) in [7, 11) is 0.